The average Bonchev–Trinajstić information content (AvgIpc) is 2.75. The van der Waals surface area contributed by atoms with E-state index in [9.17, 15) is 9.59 Å². The zero-order valence-corrected chi connectivity index (χ0v) is 13.0. The molecule has 1 heterocycles. The summed E-state index contributed by atoms with van der Waals surface area (Å²) in [7, 11) is 1.74. The molecule has 21 heavy (non-hydrogen) atoms. The van der Waals surface area contributed by atoms with Gasteiger partial charge in [0.05, 0.1) is 6.42 Å². The second kappa shape index (κ2) is 6.18. The lowest BCUT2D eigenvalue weighted by molar-refractivity contribution is -0.136. The Morgan fingerprint density at radius 1 is 1.24 bits per heavy atom. The number of carbonyl (C=O) groups is 2. The van der Waals surface area contributed by atoms with Gasteiger partial charge in [-0.15, -0.1) is 11.8 Å². The van der Waals surface area contributed by atoms with Gasteiger partial charge in [0.25, 0.3) is 0 Å². The Kier molecular flexibility index (Phi) is 4.53. The van der Waals surface area contributed by atoms with Gasteiger partial charge in [0.1, 0.15) is 5.69 Å². The van der Waals surface area contributed by atoms with Crippen molar-refractivity contribution >= 4 is 23.5 Å². The smallest absolute Gasteiger partial charge is 0.309 e. The summed E-state index contributed by atoms with van der Waals surface area (Å²) in [6.07, 6.45) is 1.79. The molecule has 0 spiro atoms. The van der Waals surface area contributed by atoms with Gasteiger partial charge in [0.15, 0.2) is 0 Å². The summed E-state index contributed by atoms with van der Waals surface area (Å²) < 4.78 is 1.68. The predicted octanol–water partition coefficient (Wildman–Crippen LogP) is 2.91. The highest BCUT2D eigenvalue weighted by Gasteiger charge is 2.21. The lowest BCUT2D eigenvalue weighted by atomic mass is 10.1. The first-order valence-corrected chi connectivity index (χ1v) is 7.72. The molecule has 4 nitrogen and oxygen atoms in total. The Morgan fingerprint density at radius 3 is 2.38 bits per heavy atom. The van der Waals surface area contributed by atoms with E-state index in [1.807, 2.05) is 25.3 Å². The van der Waals surface area contributed by atoms with Crippen molar-refractivity contribution in [2.45, 2.75) is 18.2 Å². The predicted molar refractivity (Wildman–Crippen MR) is 83.1 cm³/mol. The van der Waals surface area contributed by atoms with Gasteiger partial charge in [-0.2, -0.15) is 0 Å². The van der Waals surface area contributed by atoms with Gasteiger partial charge < -0.3 is 9.67 Å². The van der Waals surface area contributed by atoms with E-state index in [2.05, 4.69) is 0 Å². The van der Waals surface area contributed by atoms with Crippen LogP contribution in [0.25, 0.3) is 0 Å². The normalized spacial score (nSPS) is 10.6. The number of aromatic nitrogens is 1. The van der Waals surface area contributed by atoms with Gasteiger partial charge in [0.2, 0.25) is 5.78 Å². The summed E-state index contributed by atoms with van der Waals surface area (Å²) in [5.41, 5.74) is 2.87. The van der Waals surface area contributed by atoms with Crippen LogP contribution < -0.4 is 0 Å². The lowest BCUT2D eigenvalue weighted by Gasteiger charge is -2.07. The monoisotopic (exact) mass is 303 g/mol. The molecule has 0 fully saturated rings. The van der Waals surface area contributed by atoms with Crippen molar-refractivity contribution in [2.75, 3.05) is 6.26 Å². The minimum absolute atomic E-state index is 0.0847. The van der Waals surface area contributed by atoms with Crippen molar-refractivity contribution in [1.82, 2.24) is 4.57 Å². The topological polar surface area (TPSA) is 59.3 Å². The molecule has 0 radical (unpaired) electrons. The molecule has 110 valence electrons. The number of hydrogen-bond acceptors (Lipinski definition) is 3. The van der Waals surface area contributed by atoms with Crippen molar-refractivity contribution in [3.05, 3.63) is 52.8 Å². The van der Waals surface area contributed by atoms with E-state index in [-0.39, 0.29) is 12.2 Å². The molecule has 1 N–H and O–H groups in total. The first-order chi connectivity index (χ1) is 9.93. The van der Waals surface area contributed by atoms with Crippen LogP contribution in [0, 0.1) is 6.92 Å². The van der Waals surface area contributed by atoms with Crippen molar-refractivity contribution < 1.29 is 14.7 Å². The molecule has 0 unspecified atom stereocenters. The lowest BCUT2D eigenvalue weighted by Crippen LogP contribution is -2.12. The average molecular weight is 303 g/mol. The first kappa shape index (κ1) is 15.4. The summed E-state index contributed by atoms with van der Waals surface area (Å²) in [4.78, 5) is 24.4. The number of carbonyl (C=O) groups excluding carboxylic acids is 1. The molecule has 5 heteroatoms. The Morgan fingerprint density at radius 2 is 1.86 bits per heavy atom. The molecule has 0 aliphatic rings. The number of aryl methyl sites for hydroxylation is 1. The summed E-state index contributed by atoms with van der Waals surface area (Å²) in [5.74, 6) is -0.990. The van der Waals surface area contributed by atoms with Crippen molar-refractivity contribution in [1.29, 1.82) is 0 Å². The van der Waals surface area contributed by atoms with Gasteiger partial charge in [0, 0.05) is 23.2 Å². The van der Waals surface area contributed by atoms with Crippen LogP contribution in [0.15, 0.2) is 35.2 Å². The maximum Gasteiger partial charge on any atom is 0.309 e. The van der Waals surface area contributed by atoms with Gasteiger partial charge in [-0.1, -0.05) is 29.8 Å². The SMILES string of the molecule is CSc1cc(CC(=O)O)n(C)c1C(=O)c1ccc(C)cc1. The van der Waals surface area contributed by atoms with Crippen LogP contribution in [0.4, 0.5) is 0 Å². The summed E-state index contributed by atoms with van der Waals surface area (Å²) in [6, 6.07) is 9.16. The van der Waals surface area contributed by atoms with E-state index in [0.717, 1.165) is 10.5 Å². The zero-order valence-electron chi connectivity index (χ0n) is 12.2. The van der Waals surface area contributed by atoms with E-state index in [0.29, 0.717) is 17.0 Å². The molecule has 0 saturated carbocycles. The molecule has 1 aromatic carbocycles. The molecule has 0 saturated heterocycles. The Labute approximate surface area is 127 Å². The highest BCUT2D eigenvalue weighted by molar-refractivity contribution is 7.98. The Bertz CT molecular complexity index is 686. The van der Waals surface area contributed by atoms with E-state index in [1.165, 1.54) is 11.8 Å². The number of benzene rings is 1. The second-order valence-corrected chi connectivity index (χ2v) is 5.73. The van der Waals surface area contributed by atoms with Crippen LogP contribution in [-0.2, 0) is 18.3 Å². The fourth-order valence-electron chi connectivity index (χ4n) is 2.21. The number of aliphatic carboxylic acids is 1. The minimum atomic E-state index is -0.905. The van der Waals surface area contributed by atoms with Gasteiger partial charge >= 0.3 is 5.97 Å². The summed E-state index contributed by atoms with van der Waals surface area (Å²) in [6.45, 7) is 1.97. The molecule has 0 bridgehead atoms. The Hall–Kier alpha value is -2.01. The van der Waals surface area contributed by atoms with Crippen LogP contribution in [0.5, 0.6) is 0 Å². The quantitative estimate of drug-likeness (QED) is 0.681. The summed E-state index contributed by atoms with van der Waals surface area (Å²) >= 11 is 1.45. The Balaban J connectivity index is 2.46. The van der Waals surface area contributed by atoms with E-state index in [4.69, 9.17) is 5.11 Å². The van der Waals surface area contributed by atoms with Crippen LogP contribution in [0.3, 0.4) is 0 Å². The van der Waals surface area contributed by atoms with Gasteiger partial charge in [-0.25, -0.2) is 0 Å². The third kappa shape index (κ3) is 3.19. The van der Waals surface area contributed by atoms with Gasteiger partial charge in [-0.3, -0.25) is 9.59 Å². The summed E-state index contributed by atoms with van der Waals surface area (Å²) in [5, 5.41) is 8.95. The fourth-order valence-corrected chi connectivity index (χ4v) is 2.89. The minimum Gasteiger partial charge on any atom is -0.481 e. The third-order valence-corrected chi connectivity index (χ3v) is 4.13. The molecule has 2 aromatic rings. The third-order valence-electron chi connectivity index (χ3n) is 3.38. The van der Waals surface area contributed by atoms with Crippen molar-refractivity contribution in [3.8, 4) is 0 Å². The molecule has 0 aliphatic heterocycles. The molecule has 1 aromatic heterocycles. The zero-order chi connectivity index (χ0) is 15.6. The maximum absolute atomic E-state index is 12.7. The van der Waals surface area contributed by atoms with Crippen LogP contribution >= 0.6 is 11.8 Å². The molecule has 0 atom stereocenters. The highest BCUT2D eigenvalue weighted by atomic mass is 32.2. The number of carboxylic acids is 1. The molecule has 0 amide bonds. The maximum atomic E-state index is 12.7. The first-order valence-electron chi connectivity index (χ1n) is 6.49. The van der Waals surface area contributed by atoms with Crippen molar-refractivity contribution in [3.63, 3.8) is 0 Å². The number of ketones is 1. The number of hydrogen-bond donors (Lipinski definition) is 1. The molecular weight excluding hydrogens is 286 g/mol. The molecule has 2 rings (SSSR count). The molecular formula is C16H17NO3S. The van der Waals surface area contributed by atoms with E-state index in [1.54, 1.807) is 29.8 Å². The van der Waals surface area contributed by atoms with Crippen LogP contribution in [0.2, 0.25) is 0 Å². The fraction of sp³-hybridized carbons (Fsp3) is 0.250. The largest absolute Gasteiger partial charge is 0.481 e. The highest BCUT2D eigenvalue weighted by Crippen LogP contribution is 2.27. The number of carboxylic acid groups (broad SMARTS) is 1. The molecule has 0 aliphatic carbocycles. The van der Waals surface area contributed by atoms with E-state index < -0.39 is 5.97 Å². The number of nitrogens with zero attached hydrogens (tertiary/aromatic N) is 1. The van der Waals surface area contributed by atoms with Crippen LogP contribution in [-0.4, -0.2) is 27.7 Å². The second-order valence-electron chi connectivity index (χ2n) is 4.88. The van der Waals surface area contributed by atoms with Crippen LogP contribution in [0.1, 0.15) is 27.3 Å². The number of rotatable bonds is 5. The van der Waals surface area contributed by atoms with Gasteiger partial charge in [-0.05, 0) is 19.2 Å². The standard InChI is InChI=1S/C16H17NO3S/c1-10-4-6-11(7-5-10)16(20)15-13(21-3)8-12(17(15)2)9-14(18)19/h4-8H,9H2,1-3H3,(H,18,19). The van der Waals surface area contributed by atoms with E-state index >= 15 is 0 Å². The number of thioether (sulfide) groups is 1. The van der Waals surface area contributed by atoms with Crippen molar-refractivity contribution in [2.24, 2.45) is 7.05 Å².